The van der Waals surface area contributed by atoms with E-state index >= 15 is 0 Å². The van der Waals surface area contributed by atoms with Crippen molar-refractivity contribution >= 4 is 11.9 Å². The number of hydrogen-bond acceptors (Lipinski definition) is 4. The molecule has 1 saturated heterocycles. The van der Waals surface area contributed by atoms with Crippen LogP contribution in [0.3, 0.4) is 0 Å². The first-order valence-electron chi connectivity index (χ1n) is 5.97. The van der Waals surface area contributed by atoms with Crippen molar-refractivity contribution in [1.82, 2.24) is 10.2 Å². The van der Waals surface area contributed by atoms with Crippen LogP contribution in [0.4, 0.5) is 0 Å². The van der Waals surface area contributed by atoms with E-state index in [0.717, 1.165) is 13.0 Å². The third-order valence-electron chi connectivity index (χ3n) is 3.66. The molecule has 0 spiro atoms. The molecule has 1 fully saturated rings. The molecular formula is C12H22N2O3. The first-order chi connectivity index (χ1) is 7.94. The van der Waals surface area contributed by atoms with Crippen LogP contribution in [0.25, 0.3) is 0 Å². The van der Waals surface area contributed by atoms with Crippen molar-refractivity contribution < 1.29 is 14.3 Å². The van der Waals surface area contributed by atoms with E-state index in [9.17, 15) is 9.59 Å². The molecule has 0 aromatic carbocycles. The van der Waals surface area contributed by atoms with Crippen LogP contribution >= 0.6 is 0 Å². The molecule has 1 amide bonds. The molecular weight excluding hydrogens is 220 g/mol. The molecule has 1 heterocycles. The largest absolute Gasteiger partial charge is 0.468 e. The normalized spacial score (nSPS) is 23.8. The second kappa shape index (κ2) is 5.49. The number of carbonyl (C=O) groups excluding carboxylic acids is 2. The summed E-state index contributed by atoms with van der Waals surface area (Å²) in [4.78, 5) is 25.1. The fraction of sp³-hybridized carbons (Fsp3) is 0.833. The summed E-state index contributed by atoms with van der Waals surface area (Å²) in [7, 11) is 2.98. The summed E-state index contributed by atoms with van der Waals surface area (Å²) < 4.78 is 4.58. The summed E-state index contributed by atoms with van der Waals surface area (Å²) in [6.07, 6.45) is 0.828. The maximum atomic E-state index is 12.4. The van der Waals surface area contributed by atoms with Crippen LogP contribution in [0.2, 0.25) is 0 Å². The summed E-state index contributed by atoms with van der Waals surface area (Å²) in [6, 6.07) is 0. The average Bonchev–Trinajstić information content (AvgIpc) is 2.77. The lowest BCUT2D eigenvalue weighted by molar-refractivity contribution is -0.151. The minimum absolute atomic E-state index is 0.0177. The van der Waals surface area contributed by atoms with Gasteiger partial charge in [-0.05, 0) is 18.9 Å². The van der Waals surface area contributed by atoms with Crippen LogP contribution in [0, 0.1) is 11.3 Å². The Hall–Kier alpha value is -1.10. The molecule has 5 heteroatoms. The van der Waals surface area contributed by atoms with Gasteiger partial charge in [0, 0.05) is 13.6 Å². The minimum atomic E-state index is -0.384. The molecule has 0 aromatic heterocycles. The molecule has 0 radical (unpaired) electrons. The van der Waals surface area contributed by atoms with E-state index in [0.29, 0.717) is 6.54 Å². The number of carbonyl (C=O) groups is 2. The van der Waals surface area contributed by atoms with Gasteiger partial charge in [0.15, 0.2) is 0 Å². The summed E-state index contributed by atoms with van der Waals surface area (Å²) >= 11 is 0. The van der Waals surface area contributed by atoms with Gasteiger partial charge in [-0.1, -0.05) is 13.8 Å². The monoisotopic (exact) mass is 242 g/mol. The Labute approximate surface area is 102 Å². The van der Waals surface area contributed by atoms with Crippen LogP contribution in [-0.2, 0) is 14.3 Å². The van der Waals surface area contributed by atoms with Gasteiger partial charge in [-0.3, -0.25) is 9.59 Å². The van der Waals surface area contributed by atoms with Crippen LogP contribution in [0.5, 0.6) is 0 Å². The number of ether oxygens (including phenoxy) is 1. The molecule has 0 aliphatic carbocycles. The number of hydrogen-bond donors (Lipinski definition) is 1. The Morgan fingerprint density at radius 3 is 2.53 bits per heavy atom. The summed E-state index contributed by atoms with van der Waals surface area (Å²) in [5, 5.41) is 3.23. The Bertz CT molecular complexity index is 296. The molecule has 1 rings (SSSR count). The first-order valence-corrected chi connectivity index (χ1v) is 5.97. The van der Waals surface area contributed by atoms with Crippen molar-refractivity contribution in [2.45, 2.75) is 20.3 Å². The topological polar surface area (TPSA) is 58.6 Å². The van der Waals surface area contributed by atoms with Gasteiger partial charge in [0.05, 0.1) is 12.5 Å². The molecule has 5 nitrogen and oxygen atoms in total. The van der Waals surface area contributed by atoms with Gasteiger partial charge >= 0.3 is 5.97 Å². The number of rotatable bonds is 4. The van der Waals surface area contributed by atoms with E-state index < -0.39 is 0 Å². The number of amides is 1. The van der Waals surface area contributed by atoms with Crippen LogP contribution in [0.1, 0.15) is 20.3 Å². The highest BCUT2D eigenvalue weighted by Gasteiger charge is 2.45. The van der Waals surface area contributed by atoms with Crippen molar-refractivity contribution in [1.29, 1.82) is 0 Å². The van der Waals surface area contributed by atoms with E-state index in [1.807, 2.05) is 0 Å². The number of likely N-dealkylation sites (N-methyl/N-ethyl adjacent to an activating group) is 1. The highest BCUT2D eigenvalue weighted by molar-refractivity contribution is 5.86. The van der Waals surface area contributed by atoms with Crippen molar-refractivity contribution in [2.24, 2.45) is 11.3 Å². The molecule has 1 aliphatic rings. The third kappa shape index (κ3) is 2.77. The Morgan fingerprint density at radius 1 is 1.47 bits per heavy atom. The minimum Gasteiger partial charge on any atom is -0.468 e. The zero-order valence-electron chi connectivity index (χ0n) is 11.1. The van der Waals surface area contributed by atoms with Gasteiger partial charge in [-0.15, -0.1) is 0 Å². The van der Waals surface area contributed by atoms with E-state index in [1.165, 1.54) is 12.0 Å². The maximum Gasteiger partial charge on any atom is 0.325 e. The fourth-order valence-electron chi connectivity index (χ4n) is 2.34. The Morgan fingerprint density at radius 2 is 2.12 bits per heavy atom. The molecule has 1 aliphatic heterocycles. The number of nitrogens with one attached hydrogen (secondary N) is 1. The van der Waals surface area contributed by atoms with Crippen molar-refractivity contribution in [3.05, 3.63) is 0 Å². The predicted octanol–water partition coefficient (Wildman–Crippen LogP) is 0.254. The standard InChI is InChI=1S/C12H22N2O3/c1-9(2)12(5-6-13-8-12)11(16)14(3)7-10(15)17-4/h9,13H,5-8H2,1-4H3. The molecule has 0 bridgehead atoms. The highest BCUT2D eigenvalue weighted by atomic mass is 16.5. The van der Waals surface area contributed by atoms with Crippen LogP contribution in [-0.4, -0.2) is 50.6 Å². The Balaban J connectivity index is 2.75. The van der Waals surface area contributed by atoms with Crippen molar-refractivity contribution in [3.8, 4) is 0 Å². The summed E-state index contributed by atoms with van der Waals surface area (Å²) in [6.45, 7) is 5.67. The third-order valence-corrected chi connectivity index (χ3v) is 3.66. The lowest BCUT2D eigenvalue weighted by Crippen LogP contribution is -2.48. The van der Waals surface area contributed by atoms with Gasteiger partial charge in [-0.25, -0.2) is 0 Å². The zero-order chi connectivity index (χ0) is 13.1. The first kappa shape index (κ1) is 14.0. The molecule has 0 aromatic rings. The quantitative estimate of drug-likeness (QED) is 0.718. The molecule has 1 unspecified atom stereocenters. The lowest BCUT2D eigenvalue weighted by atomic mass is 9.75. The number of methoxy groups -OCH3 is 1. The van der Waals surface area contributed by atoms with Gasteiger partial charge in [0.25, 0.3) is 0 Å². The van der Waals surface area contributed by atoms with E-state index in [1.54, 1.807) is 7.05 Å². The molecule has 1 atom stereocenters. The lowest BCUT2D eigenvalue weighted by Gasteiger charge is -2.34. The SMILES string of the molecule is COC(=O)CN(C)C(=O)C1(C(C)C)CCNC1. The maximum absolute atomic E-state index is 12.4. The number of nitrogens with zero attached hydrogens (tertiary/aromatic N) is 1. The second-order valence-corrected chi connectivity index (χ2v) is 4.97. The van der Waals surface area contributed by atoms with E-state index in [4.69, 9.17) is 0 Å². The van der Waals surface area contributed by atoms with Gasteiger partial charge < -0.3 is 15.0 Å². The van der Waals surface area contributed by atoms with E-state index in [-0.39, 0.29) is 29.8 Å². The second-order valence-electron chi connectivity index (χ2n) is 4.97. The van der Waals surface area contributed by atoms with Crippen molar-refractivity contribution in [3.63, 3.8) is 0 Å². The average molecular weight is 242 g/mol. The zero-order valence-corrected chi connectivity index (χ0v) is 11.1. The highest BCUT2D eigenvalue weighted by Crippen LogP contribution is 2.35. The van der Waals surface area contributed by atoms with E-state index in [2.05, 4.69) is 23.9 Å². The Kier molecular flexibility index (Phi) is 4.51. The number of esters is 1. The smallest absolute Gasteiger partial charge is 0.325 e. The van der Waals surface area contributed by atoms with Gasteiger partial charge in [0.1, 0.15) is 6.54 Å². The van der Waals surface area contributed by atoms with Crippen molar-refractivity contribution in [2.75, 3.05) is 33.8 Å². The predicted molar refractivity (Wildman–Crippen MR) is 64.4 cm³/mol. The molecule has 98 valence electrons. The molecule has 17 heavy (non-hydrogen) atoms. The van der Waals surface area contributed by atoms with Crippen LogP contribution in [0.15, 0.2) is 0 Å². The fourth-order valence-corrected chi connectivity index (χ4v) is 2.34. The van der Waals surface area contributed by atoms with Crippen LogP contribution < -0.4 is 5.32 Å². The molecule has 1 N–H and O–H groups in total. The molecule has 0 saturated carbocycles. The van der Waals surface area contributed by atoms with Gasteiger partial charge in [-0.2, -0.15) is 0 Å². The van der Waals surface area contributed by atoms with Gasteiger partial charge in [0.2, 0.25) is 5.91 Å². The summed E-state index contributed by atoms with van der Waals surface area (Å²) in [5.41, 5.74) is -0.372. The summed E-state index contributed by atoms with van der Waals surface area (Å²) in [5.74, 6) is -0.0984.